The molecule has 3 amide bonds. The van der Waals surface area contributed by atoms with E-state index in [9.17, 15) is 29.5 Å². The number of rotatable bonds is 9. The molecule has 0 spiro atoms. The summed E-state index contributed by atoms with van der Waals surface area (Å²) in [5, 5.41) is 19.3. The number of nitriles is 1. The predicted octanol–water partition coefficient (Wildman–Crippen LogP) is 1.61. The fraction of sp³-hybridized carbons (Fsp3) is 0.458. The first kappa shape index (κ1) is 24.9. The average molecular weight is 469 g/mol. The maximum absolute atomic E-state index is 12.7. The molecule has 0 unspecified atom stereocenters. The Kier molecular flexibility index (Phi) is 8.76. The summed E-state index contributed by atoms with van der Waals surface area (Å²) in [5.74, 6) is -1.72. The Balaban J connectivity index is 1.33. The number of carbonyl (C=O) groups excluding carboxylic acids is 4. The van der Waals surface area contributed by atoms with E-state index in [1.54, 1.807) is 17.0 Å². The lowest BCUT2D eigenvalue weighted by atomic mass is 10.1. The molecule has 2 fully saturated rings. The SMILES string of the molecule is N#C/C(=C/c1ccc(O)cc1)C(=O)N1CCN(CCCCCC(=O)ON2C(=O)CCC2=O)CC1. The molecule has 2 heterocycles. The van der Waals surface area contributed by atoms with E-state index in [-0.39, 0.29) is 36.5 Å². The summed E-state index contributed by atoms with van der Waals surface area (Å²) in [5.41, 5.74) is 0.729. The number of nitrogens with zero attached hydrogens (tertiary/aromatic N) is 4. The minimum atomic E-state index is -0.579. The van der Waals surface area contributed by atoms with Crippen molar-refractivity contribution >= 4 is 29.8 Å². The van der Waals surface area contributed by atoms with Crippen molar-refractivity contribution in [2.24, 2.45) is 0 Å². The molecule has 0 aromatic heterocycles. The van der Waals surface area contributed by atoms with Gasteiger partial charge < -0.3 is 14.8 Å². The Hall–Kier alpha value is -3.71. The minimum Gasteiger partial charge on any atom is -0.508 e. The highest BCUT2D eigenvalue weighted by Crippen LogP contribution is 2.16. The van der Waals surface area contributed by atoms with Gasteiger partial charge in [-0.3, -0.25) is 19.3 Å². The molecular weight excluding hydrogens is 440 g/mol. The van der Waals surface area contributed by atoms with Gasteiger partial charge in [-0.25, -0.2) is 4.79 Å². The van der Waals surface area contributed by atoms with Gasteiger partial charge in [0.05, 0.1) is 0 Å². The second-order valence-corrected chi connectivity index (χ2v) is 8.25. The molecule has 34 heavy (non-hydrogen) atoms. The first-order chi connectivity index (χ1) is 16.4. The lowest BCUT2D eigenvalue weighted by Gasteiger charge is -2.34. The number of hydrogen-bond acceptors (Lipinski definition) is 8. The number of carbonyl (C=O) groups is 4. The second-order valence-electron chi connectivity index (χ2n) is 8.25. The van der Waals surface area contributed by atoms with Crippen molar-refractivity contribution in [1.82, 2.24) is 14.9 Å². The molecule has 2 saturated heterocycles. The van der Waals surface area contributed by atoms with E-state index in [2.05, 4.69) is 4.90 Å². The molecule has 10 nitrogen and oxygen atoms in total. The molecule has 0 saturated carbocycles. The Morgan fingerprint density at radius 1 is 1.00 bits per heavy atom. The number of piperazine rings is 1. The van der Waals surface area contributed by atoms with Gasteiger partial charge in [0.2, 0.25) is 0 Å². The molecular formula is C24H28N4O6. The Morgan fingerprint density at radius 3 is 2.26 bits per heavy atom. The summed E-state index contributed by atoms with van der Waals surface area (Å²) >= 11 is 0. The number of hydroxylamine groups is 2. The van der Waals surface area contributed by atoms with Gasteiger partial charge in [-0.2, -0.15) is 5.26 Å². The van der Waals surface area contributed by atoms with Crippen molar-refractivity contribution in [2.45, 2.75) is 38.5 Å². The maximum Gasteiger partial charge on any atom is 0.333 e. The van der Waals surface area contributed by atoms with Gasteiger partial charge in [0.1, 0.15) is 17.4 Å². The van der Waals surface area contributed by atoms with Crippen molar-refractivity contribution in [2.75, 3.05) is 32.7 Å². The third-order valence-corrected chi connectivity index (χ3v) is 5.77. The van der Waals surface area contributed by atoms with Gasteiger partial charge in [-0.15, -0.1) is 5.06 Å². The van der Waals surface area contributed by atoms with Gasteiger partial charge in [-0.1, -0.05) is 18.6 Å². The average Bonchev–Trinajstić information content (AvgIpc) is 3.15. The van der Waals surface area contributed by atoms with Crippen LogP contribution in [0.5, 0.6) is 5.75 Å². The monoisotopic (exact) mass is 468 g/mol. The predicted molar refractivity (Wildman–Crippen MR) is 120 cm³/mol. The smallest absolute Gasteiger partial charge is 0.333 e. The number of imide groups is 1. The molecule has 0 aliphatic carbocycles. The van der Waals surface area contributed by atoms with Crippen LogP contribution in [0.4, 0.5) is 0 Å². The van der Waals surface area contributed by atoms with Crippen LogP contribution in [0.3, 0.4) is 0 Å². The number of amides is 3. The van der Waals surface area contributed by atoms with Crippen LogP contribution in [0.1, 0.15) is 44.1 Å². The molecule has 1 N–H and O–H groups in total. The molecule has 180 valence electrons. The van der Waals surface area contributed by atoms with Crippen LogP contribution in [0, 0.1) is 11.3 Å². The third kappa shape index (κ3) is 6.89. The van der Waals surface area contributed by atoms with Gasteiger partial charge in [0.15, 0.2) is 0 Å². The van der Waals surface area contributed by atoms with Crippen LogP contribution < -0.4 is 0 Å². The van der Waals surface area contributed by atoms with Gasteiger partial charge >= 0.3 is 5.97 Å². The molecule has 2 aliphatic rings. The van der Waals surface area contributed by atoms with Crippen LogP contribution in [-0.2, 0) is 24.0 Å². The van der Waals surface area contributed by atoms with E-state index >= 15 is 0 Å². The Bertz CT molecular complexity index is 974. The van der Waals surface area contributed by atoms with Gasteiger partial charge in [0, 0.05) is 45.4 Å². The molecule has 0 atom stereocenters. The summed E-state index contributed by atoms with van der Waals surface area (Å²) in [6, 6.07) is 8.26. The summed E-state index contributed by atoms with van der Waals surface area (Å²) in [7, 11) is 0. The number of hydrogen-bond donors (Lipinski definition) is 1. The summed E-state index contributed by atoms with van der Waals surface area (Å²) in [4.78, 5) is 56.2. The van der Waals surface area contributed by atoms with E-state index in [0.717, 1.165) is 19.4 Å². The fourth-order valence-electron chi connectivity index (χ4n) is 3.81. The number of aromatic hydroxyl groups is 1. The molecule has 1 aromatic carbocycles. The number of benzene rings is 1. The van der Waals surface area contributed by atoms with Crippen molar-refractivity contribution in [1.29, 1.82) is 5.26 Å². The van der Waals surface area contributed by atoms with Crippen molar-refractivity contribution in [3.63, 3.8) is 0 Å². The first-order valence-corrected chi connectivity index (χ1v) is 11.4. The highest BCUT2D eigenvalue weighted by molar-refractivity contribution is 6.02. The molecule has 0 bridgehead atoms. The normalized spacial score (nSPS) is 17.1. The topological polar surface area (TPSA) is 131 Å². The minimum absolute atomic E-state index is 0.0587. The Labute approximate surface area is 197 Å². The zero-order chi connectivity index (χ0) is 24.5. The Morgan fingerprint density at radius 2 is 1.65 bits per heavy atom. The van der Waals surface area contributed by atoms with E-state index < -0.39 is 17.8 Å². The zero-order valence-corrected chi connectivity index (χ0v) is 18.9. The van der Waals surface area contributed by atoms with E-state index in [1.807, 2.05) is 6.07 Å². The van der Waals surface area contributed by atoms with Crippen LogP contribution in [0.15, 0.2) is 29.8 Å². The first-order valence-electron chi connectivity index (χ1n) is 11.4. The number of phenols is 1. The molecule has 0 radical (unpaired) electrons. The molecule has 10 heteroatoms. The van der Waals surface area contributed by atoms with Gasteiger partial charge in [-0.05, 0) is 43.2 Å². The molecule has 1 aromatic rings. The van der Waals surface area contributed by atoms with Crippen LogP contribution in [0.25, 0.3) is 6.08 Å². The molecule has 3 rings (SSSR count). The number of phenolic OH excluding ortho intramolecular Hbond substituents is 1. The number of unbranched alkanes of at least 4 members (excludes halogenated alkanes) is 2. The van der Waals surface area contributed by atoms with Crippen LogP contribution in [-0.4, -0.2) is 76.4 Å². The molecule has 2 aliphatic heterocycles. The van der Waals surface area contributed by atoms with E-state index in [4.69, 9.17) is 4.84 Å². The van der Waals surface area contributed by atoms with Gasteiger partial charge in [0.25, 0.3) is 17.7 Å². The van der Waals surface area contributed by atoms with Crippen LogP contribution >= 0.6 is 0 Å². The van der Waals surface area contributed by atoms with E-state index in [0.29, 0.717) is 43.2 Å². The highest BCUT2D eigenvalue weighted by atomic mass is 16.7. The largest absolute Gasteiger partial charge is 0.508 e. The maximum atomic E-state index is 12.7. The fourth-order valence-corrected chi connectivity index (χ4v) is 3.81. The van der Waals surface area contributed by atoms with E-state index in [1.165, 1.54) is 18.2 Å². The zero-order valence-electron chi connectivity index (χ0n) is 18.9. The second kappa shape index (κ2) is 12.0. The quantitative estimate of drug-likeness (QED) is 0.250. The summed E-state index contributed by atoms with van der Waals surface area (Å²) < 4.78 is 0. The summed E-state index contributed by atoms with van der Waals surface area (Å²) in [6.07, 6.45) is 4.09. The van der Waals surface area contributed by atoms with Crippen molar-refractivity contribution in [3.05, 3.63) is 35.4 Å². The highest BCUT2D eigenvalue weighted by Gasteiger charge is 2.32. The third-order valence-electron chi connectivity index (χ3n) is 5.77. The van der Waals surface area contributed by atoms with Crippen molar-refractivity contribution in [3.8, 4) is 11.8 Å². The lowest BCUT2D eigenvalue weighted by molar-refractivity contribution is -0.197. The van der Waals surface area contributed by atoms with Crippen molar-refractivity contribution < 1.29 is 29.1 Å². The summed E-state index contributed by atoms with van der Waals surface area (Å²) in [6.45, 7) is 3.28. The standard InChI is InChI=1S/C24H28N4O6/c25-17-19(16-18-5-7-20(29)8-6-18)24(33)27-14-12-26(13-15-27)11-3-1-2-4-23(32)34-28-21(30)9-10-22(28)31/h5-8,16,29H,1-4,9-15H2/b19-16-. The van der Waals surface area contributed by atoms with Crippen LogP contribution in [0.2, 0.25) is 0 Å². The lowest BCUT2D eigenvalue weighted by Crippen LogP contribution is -2.49.